The van der Waals surface area contributed by atoms with E-state index < -0.39 is 0 Å². The van der Waals surface area contributed by atoms with Gasteiger partial charge in [0.1, 0.15) is 0 Å². The maximum Gasteiger partial charge on any atom is 0.238 e. The predicted octanol–water partition coefficient (Wildman–Crippen LogP) is 13.0. The number of aromatic nitrogens is 5. The number of fused-ring (bicyclic) bond motifs is 7. The Bertz CT molecular complexity index is 3200. The highest BCUT2D eigenvalue weighted by molar-refractivity contribution is 6.19. The van der Waals surface area contributed by atoms with Gasteiger partial charge in [-0.2, -0.15) is 9.97 Å². The Kier molecular flexibility index (Phi) is 7.24. The molecule has 0 saturated carbocycles. The van der Waals surface area contributed by atoms with Crippen molar-refractivity contribution in [1.29, 1.82) is 0 Å². The van der Waals surface area contributed by atoms with E-state index in [4.69, 9.17) is 15.0 Å². The van der Waals surface area contributed by atoms with Crippen molar-refractivity contribution < 1.29 is 0 Å². The van der Waals surface area contributed by atoms with Gasteiger partial charge < -0.3 is 4.57 Å². The van der Waals surface area contributed by atoms with Crippen LogP contribution in [0.1, 0.15) is 45.2 Å². The monoisotopic (exact) mass is 735 g/mol. The lowest BCUT2D eigenvalue weighted by Gasteiger charge is -2.24. The summed E-state index contributed by atoms with van der Waals surface area (Å²) in [5, 5.41) is 4.79. The lowest BCUT2D eigenvalue weighted by molar-refractivity contribution is 0.403. The highest BCUT2D eigenvalue weighted by Gasteiger charge is 2.43. The smallest absolute Gasteiger partial charge is 0.238 e. The Morgan fingerprint density at radius 1 is 0.421 bits per heavy atom. The highest BCUT2D eigenvalue weighted by Crippen LogP contribution is 2.52. The summed E-state index contributed by atoms with van der Waals surface area (Å²) in [7, 11) is 0. The molecule has 3 heterocycles. The van der Waals surface area contributed by atoms with Gasteiger partial charge in [-0.3, -0.25) is 4.57 Å². The SMILES string of the molecule is CC1(C)CC(C)(C)c2c(-n3c4ccccc4c4cc5c6ccccc6n(-c6nc(-c7ccccc7)nc(-c7ccccc7-c7ccccc7)n6)c5cc43)cccc21. The molecule has 10 aromatic rings. The normalized spacial score (nSPS) is 14.5. The minimum atomic E-state index is 0.0112. The van der Waals surface area contributed by atoms with Gasteiger partial charge in [0.2, 0.25) is 5.95 Å². The summed E-state index contributed by atoms with van der Waals surface area (Å²) < 4.78 is 4.76. The van der Waals surface area contributed by atoms with Crippen molar-refractivity contribution in [2.24, 2.45) is 0 Å². The second-order valence-corrected chi connectivity index (χ2v) is 16.8. The van der Waals surface area contributed by atoms with Crippen molar-refractivity contribution in [3.8, 4) is 45.5 Å². The van der Waals surface area contributed by atoms with Crippen LogP contribution in [0, 0.1) is 0 Å². The summed E-state index contributed by atoms with van der Waals surface area (Å²) in [5.41, 5.74) is 12.8. The van der Waals surface area contributed by atoms with E-state index >= 15 is 0 Å². The van der Waals surface area contributed by atoms with Crippen LogP contribution in [-0.4, -0.2) is 24.1 Å². The maximum atomic E-state index is 5.38. The van der Waals surface area contributed by atoms with Crippen LogP contribution in [0.4, 0.5) is 0 Å². The lowest BCUT2D eigenvalue weighted by Crippen LogP contribution is -2.18. The van der Waals surface area contributed by atoms with E-state index in [9.17, 15) is 0 Å². The van der Waals surface area contributed by atoms with Crippen molar-refractivity contribution in [3.05, 3.63) is 175 Å². The minimum absolute atomic E-state index is 0.0112. The van der Waals surface area contributed by atoms with Crippen LogP contribution in [-0.2, 0) is 10.8 Å². The van der Waals surface area contributed by atoms with Crippen LogP contribution in [0.15, 0.2) is 164 Å². The fourth-order valence-corrected chi connectivity index (χ4v) is 10.0. The van der Waals surface area contributed by atoms with E-state index in [1.54, 1.807) is 0 Å². The number of para-hydroxylation sites is 2. The minimum Gasteiger partial charge on any atom is -0.309 e. The first-order valence-electron chi connectivity index (χ1n) is 19.8. The zero-order valence-electron chi connectivity index (χ0n) is 32.5. The van der Waals surface area contributed by atoms with Crippen molar-refractivity contribution in [2.45, 2.75) is 44.9 Å². The molecule has 0 radical (unpaired) electrons. The molecule has 0 N–H and O–H groups in total. The van der Waals surface area contributed by atoms with Gasteiger partial charge in [0.05, 0.1) is 27.8 Å². The number of nitrogens with zero attached hydrogens (tertiary/aromatic N) is 5. The standard InChI is InChI=1S/C52H41N5/c1-51(2)32-52(3,4)47-41(51)26-17-29-44(47)56-42-27-15-13-23-36(42)39-30-40-37-24-14-16-28-43(37)57(46(40)31-45(39)56)50-54-48(34-20-9-6-10-21-34)53-49(55-50)38-25-12-11-22-35(38)33-18-7-5-8-19-33/h5-31H,32H2,1-4H3. The topological polar surface area (TPSA) is 48.5 Å². The first kappa shape index (κ1) is 33.5. The molecule has 0 unspecified atom stereocenters. The van der Waals surface area contributed by atoms with Crippen LogP contribution < -0.4 is 0 Å². The highest BCUT2D eigenvalue weighted by atomic mass is 15.2. The number of benzene rings is 7. The third-order valence-corrected chi connectivity index (χ3v) is 12.1. The Balaban J connectivity index is 1.24. The van der Waals surface area contributed by atoms with Gasteiger partial charge in [0.15, 0.2) is 11.6 Å². The van der Waals surface area contributed by atoms with Crippen LogP contribution in [0.5, 0.6) is 0 Å². The van der Waals surface area contributed by atoms with Gasteiger partial charge in [-0.05, 0) is 69.8 Å². The van der Waals surface area contributed by atoms with E-state index in [1.807, 2.05) is 24.3 Å². The molecule has 3 aromatic heterocycles. The van der Waals surface area contributed by atoms with Crippen LogP contribution in [0.3, 0.4) is 0 Å². The molecule has 0 bridgehead atoms. The quantitative estimate of drug-likeness (QED) is 0.177. The zero-order valence-corrected chi connectivity index (χ0v) is 32.5. The molecule has 0 spiro atoms. The van der Waals surface area contributed by atoms with Crippen LogP contribution in [0.25, 0.3) is 89.2 Å². The summed E-state index contributed by atoms with van der Waals surface area (Å²) in [5.74, 6) is 1.84. The number of hydrogen-bond acceptors (Lipinski definition) is 3. The summed E-state index contributed by atoms with van der Waals surface area (Å²) in [6.45, 7) is 9.60. The van der Waals surface area contributed by atoms with Crippen molar-refractivity contribution >= 4 is 43.6 Å². The summed E-state index contributed by atoms with van der Waals surface area (Å²) in [6.07, 6.45) is 1.10. The van der Waals surface area contributed by atoms with E-state index in [0.717, 1.165) is 56.0 Å². The fourth-order valence-electron chi connectivity index (χ4n) is 10.0. The Morgan fingerprint density at radius 2 is 0.982 bits per heavy atom. The molecule has 0 saturated heterocycles. The van der Waals surface area contributed by atoms with Crippen molar-refractivity contribution in [2.75, 3.05) is 0 Å². The lowest BCUT2D eigenvalue weighted by atomic mass is 9.81. The average molecular weight is 736 g/mol. The third-order valence-electron chi connectivity index (χ3n) is 12.1. The number of rotatable bonds is 5. The van der Waals surface area contributed by atoms with E-state index in [-0.39, 0.29) is 10.8 Å². The predicted molar refractivity (Wildman–Crippen MR) is 235 cm³/mol. The maximum absolute atomic E-state index is 5.38. The molecule has 274 valence electrons. The summed E-state index contributed by atoms with van der Waals surface area (Å²) in [6, 6.07) is 58.3. The Hall–Kier alpha value is -6.85. The summed E-state index contributed by atoms with van der Waals surface area (Å²) in [4.78, 5) is 15.9. The third kappa shape index (κ3) is 5.12. The molecule has 11 rings (SSSR count). The molecule has 0 amide bonds. The molecule has 0 fully saturated rings. The second-order valence-electron chi connectivity index (χ2n) is 16.8. The largest absolute Gasteiger partial charge is 0.309 e. The molecule has 1 aliphatic carbocycles. The van der Waals surface area contributed by atoms with Crippen molar-refractivity contribution in [1.82, 2.24) is 24.1 Å². The molecule has 0 atom stereocenters. The molecular formula is C52H41N5. The van der Waals surface area contributed by atoms with Crippen LogP contribution >= 0.6 is 0 Å². The first-order valence-corrected chi connectivity index (χ1v) is 19.8. The van der Waals surface area contributed by atoms with Gasteiger partial charge in [0.25, 0.3) is 0 Å². The van der Waals surface area contributed by atoms with E-state index in [2.05, 4.69) is 176 Å². The van der Waals surface area contributed by atoms with Gasteiger partial charge in [-0.25, -0.2) is 4.98 Å². The van der Waals surface area contributed by atoms with Gasteiger partial charge in [-0.1, -0.05) is 161 Å². The van der Waals surface area contributed by atoms with Crippen LogP contribution in [0.2, 0.25) is 0 Å². The Morgan fingerprint density at radius 3 is 1.68 bits per heavy atom. The molecule has 5 heteroatoms. The van der Waals surface area contributed by atoms with Gasteiger partial charge in [0, 0.05) is 32.7 Å². The average Bonchev–Trinajstić information content (AvgIpc) is 3.81. The van der Waals surface area contributed by atoms with E-state index in [0.29, 0.717) is 17.6 Å². The molecule has 5 nitrogen and oxygen atoms in total. The zero-order chi connectivity index (χ0) is 38.5. The number of hydrogen-bond donors (Lipinski definition) is 0. The van der Waals surface area contributed by atoms with Gasteiger partial charge >= 0.3 is 0 Å². The molecule has 7 aromatic carbocycles. The molecular weight excluding hydrogens is 695 g/mol. The molecule has 57 heavy (non-hydrogen) atoms. The Labute approximate surface area is 331 Å². The molecule has 1 aliphatic rings. The second kappa shape index (κ2) is 12.3. The van der Waals surface area contributed by atoms with Gasteiger partial charge in [-0.15, -0.1) is 0 Å². The first-order chi connectivity index (χ1) is 27.8. The van der Waals surface area contributed by atoms with Crippen molar-refractivity contribution in [3.63, 3.8) is 0 Å². The van der Waals surface area contributed by atoms with E-state index in [1.165, 1.54) is 33.1 Å². The summed E-state index contributed by atoms with van der Waals surface area (Å²) >= 11 is 0. The molecule has 0 aliphatic heterocycles. The fraction of sp³-hybridized carbons (Fsp3) is 0.135.